The fourth-order valence-electron chi connectivity index (χ4n) is 2.47. The molecule has 0 aliphatic carbocycles. The Labute approximate surface area is 123 Å². The van der Waals surface area contributed by atoms with E-state index in [0.717, 1.165) is 12.8 Å². The number of nitrogens with one attached hydrogen (secondary N) is 1. The van der Waals surface area contributed by atoms with Gasteiger partial charge in [-0.25, -0.2) is 9.59 Å². The molecule has 0 saturated carbocycles. The Morgan fingerprint density at radius 1 is 1.24 bits per heavy atom. The van der Waals surface area contributed by atoms with E-state index in [0.29, 0.717) is 18.7 Å². The quantitative estimate of drug-likeness (QED) is 0.778. The number of aliphatic hydroxyl groups is 1. The third-order valence-electron chi connectivity index (χ3n) is 3.81. The van der Waals surface area contributed by atoms with Gasteiger partial charge in [0.15, 0.2) is 6.04 Å². The van der Waals surface area contributed by atoms with E-state index in [-0.39, 0.29) is 18.6 Å². The van der Waals surface area contributed by atoms with Crippen LogP contribution in [0.4, 0.5) is 4.79 Å². The second-order valence-electron chi connectivity index (χ2n) is 5.24. The number of carbonyl (C=O) groups is 2. The lowest BCUT2D eigenvalue weighted by Crippen LogP contribution is -2.47. The van der Waals surface area contributed by atoms with E-state index in [1.807, 2.05) is 0 Å². The normalized spacial score (nSPS) is 17.3. The molecular weight excluding hydrogens is 272 g/mol. The van der Waals surface area contributed by atoms with Gasteiger partial charge >= 0.3 is 12.0 Å². The third kappa shape index (κ3) is 3.95. The average molecular weight is 292 g/mol. The van der Waals surface area contributed by atoms with Crippen LogP contribution in [0.2, 0.25) is 0 Å². The number of urea groups is 1. The molecule has 2 amide bonds. The van der Waals surface area contributed by atoms with Crippen molar-refractivity contribution in [2.75, 3.05) is 19.7 Å². The van der Waals surface area contributed by atoms with Crippen LogP contribution in [0.5, 0.6) is 0 Å². The first-order chi connectivity index (χ1) is 10.1. The predicted octanol–water partition coefficient (Wildman–Crippen LogP) is 1.23. The molecule has 1 aliphatic heterocycles. The van der Waals surface area contributed by atoms with Gasteiger partial charge < -0.3 is 20.4 Å². The molecule has 21 heavy (non-hydrogen) atoms. The molecule has 6 heteroatoms. The van der Waals surface area contributed by atoms with Gasteiger partial charge in [0.25, 0.3) is 0 Å². The first-order valence-electron chi connectivity index (χ1n) is 7.06. The summed E-state index contributed by atoms with van der Waals surface area (Å²) in [5.41, 5.74) is 0.545. The highest BCUT2D eigenvalue weighted by Gasteiger charge is 2.27. The molecule has 1 saturated heterocycles. The van der Waals surface area contributed by atoms with Crippen molar-refractivity contribution in [3.05, 3.63) is 35.9 Å². The van der Waals surface area contributed by atoms with Gasteiger partial charge in [-0.1, -0.05) is 30.3 Å². The number of aliphatic hydroxyl groups excluding tert-OH is 1. The van der Waals surface area contributed by atoms with E-state index >= 15 is 0 Å². The fourth-order valence-corrected chi connectivity index (χ4v) is 2.47. The van der Waals surface area contributed by atoms with Crippen molar-refractivity contribution in [3.8, 4) is 0 Å². The number of rotatable bonds is 4. The maximum absolute atomic E-state index is 12.2. The van der Waals surface area contributed by atoms with Gasteiger partial charge in [-0.2, -0.15) is 0 Å². The third-order valence-corrected chi connectivity index (χ3v) is 3.81. The zero-order valence-electron chi connectivity index (χ0n) is 11.7. The molecule has 1 aromatic rings. The van der Waals surface area contributed by atoms with Crippen LogP contribution in [-0.2, 0) is 4.79 Å². The minimum atomic E-state index is -1.08. The van der Waals surface area contributed by atoms with Crippen LogP contribution < -0.4 is 5.32 Å². The summed E-state index contributed by atoms with van der Waals surface area (Å²) in [5, 5.41) is 20.9. The summed E-state index contributed by atoms with van der Waals surface area (Å²) < 4.78 is 0. The van der Waals surface area contributed by atoms with Crippen LogP contribution in [0.15, 0.2) is 30.3 Å². The monoisotopic (exact) mass is 292 g/mol. The highest BCUT2D eigenvalue weighted by molar-refractivity contribution is 5.83. The van der Waals surface area contributed by atoms with E-state index in [4.69, 9.17) is 5.11 Å². The zero-order chi connectivity index (χ0) is 15.2. The Hall–Kier alpha value is -2.08. The molecule has 1 atom stereocenters. The van der Waals surface area contributed by atoms with E-state index in [1.54, 1.807) is 35.2 Å². The average Bonchev–Trinajstić information content (AvgIpc) is 2.53. The van der Waals surface area contributed by atoms with Crippen LogP contribution in [0.3, 0.4) is 0 Å². The first kappa shape index (κ1) is 15.3. The molecule has 6 nitrogen and oxygen atoms in total. The summed E-state index contributed by atoms with van der Waals surface area (Å²) in [6.45, 7) is 1.22. The van der Waals surface area contributed by atoms with Gasteiger partial charge in [0.2, 0.25) is 0 Å². The van der Waals surface area contributed by atoms with Gasteiger partial charge in [-0.05, 0) is 24.3 Å². The lowest BCUT2D eigenvalue weighted by atomic mass is 9.98. The predicted molar refractivity (Wildman–Crippen MR) is 76.7 cm³/mol. The Kier molecular flexibility index (Phi) is 5.16. The Morgan fingerprint density at radius 3 is 2.38 bits per heavy atom. The molecule has 0 radical (unpaired) electrons. The molecule has 0 spiro atoms. The topological polar surface area (TPSA) is 89.9 Å². The lowest BCUT2D eigenvalue weighted by Gasteiger charge is -2.32. The minimum absolute atomic E-state index is 0.136. The minimum Gasteiger partial charge on any atom is -0.479 e. The van der Waals surface area contributed by atoms with E-state index < -0.39 is 12.0 Å². The van der Waals surface area contributed by atoms with Crippen molar-refractivity contribution in [3.63, 3.8) is 0 Å². The van der Waals surface area contributed by atoms with Gasteiger partial charge in [-0.15, -0.1) is 0 Å². The molecule has 2 rings (SSSR count). The lowest BCUT2D eigenvalue weighted by molar-refractivity contribution is -0.139. The van der Waals surface area contributed by atoms with Crippen molar-refractivity contribution >= 4 is 12.0 Å². The summed E-state index contributed by atoms with van der Waals surface area (Å²) in [5.74, 6) is -0.849. The number of nitrogens with zero attached hydrogens (tertiary/aromatic N) is 1. The standard InChI is InChI=1S/C15H20N2O4/c18-10-11-6-8-17(9-7-11)15(21)16-13(14(19)20)12-4-2-1-3-5-12/h1-5,11,13,18H,6-10H2,(H,16,21)(H,19,20)/t13-/m0/s1. The van der Waals surface area contributed by atoms with E-state index in [1.165, 1.54) is 0 Å². The second-order valence-corrected chi connectivity index (χ2v) is 5.24. The molecule has 3 N–H and O–H groups in total. The summed E-state index contributed by atoms with van der Waals surface area (Å²) >= 11 is 0. The van der Waals surface area contributed by atoms with E-state index in [9.17, 15) is 14.7 Å². The summed E-state index contributed by atoms with van der Waals surface area (Å²) in [4.78, 5) is 25.1. The molecule has 1 aromatic carbocycles. The van der Waals surface area contributed by atoms with Crippen LogP contribution >= 0.6 is 0 Å². The number of benzene rings is 1. The van der Waals surface area contributed by atoms with Crippen molar-refractivity contribution < 1.29 is 19.8 Å². The molecular formula is C15H20N2O4. The number of amides is 2. The number of hydrogen-bond acceptors (Lipinski definition) is 3. The maximum atomic E-state index is 12.2. The first-order valence-corrected chi connectivity index (χ1v) is 7.06. The summed E-state index contributed by atoms with van der Waals surface area (Å²) in [6, 6.07) is 7.21. The number of hydrogen-bond donors (Lipinski definition) is 3. The zero-order valence-corrected chi connectivity index (χ0v) is 11.7. The number of likely N-dealkylation sites (tertiary alicyclic amines) is 1. The number of carbonyl (C=O) groups excluding carboxylic acids is 1. The number of piperidine rings is 1. The highest BCUT2D eigenvalue weighted by Crippen LogP contribution is 2.18. The van der Waals surface area contributed by atoms with Crippen molar-refractivity contribution in [2.24, 2.45) is 5.92 Å². The number of carboxylic acids is 1. The Morgan fingerprint density at radius 2 is 1.86 bits per heavy atom. The summed E-state index contributed by atoms with van der Waals surface area (Å²) in [6.07, 6.45) is 1.49. The Balaban J connectivity index is 1.98. The molecule has 0 unspecified atom stereocenters. The van der Waals surface area contributed by atoms with Crippen LogP contribution in [-0.4, -0.2) is 46.8 Å². The number of aliphatic carboxylic acids is 1. The highest BCUT2D eigenvalue weighted by atomic mass is 16.4. The Bertz CT molecular complexity index is 484. The van der Waals surface area contributed by atoms with Crippen molar-refractivity contribution in [1.82, 2.24) is 10.2 Å². The molecule has 0 bridgehead atoms. The van der Waals surface area contributed by atoms with Gasteiger partial charge in [0.05, 0.1) is 0 Å². The maximum Gasteiger partial charge on any atom is 0.330 e. The molecule has 1 heterocycles. The molecule has 1 fully saturated rings. The van der Waals surface area contributed by atoms with Gasteiger partial charge in [-0.3, -0.25) is 0 Å². The van der Waals surface area contributed by atoms with Crippen LogP contribution in [0.1, 0.15) is 24.4 Å². The second kappa shape index (κ2) is 7.08. The van der Waals surface area contributed by atoms with E-state index in [2.05, 4.69) is 5.32 Å². The molecule has 114 valence electrons. The van der Waals surface area contributed by atoms with Crippen molar-refractivity contribution in [1.29, 1.82) is 0 Å². The van der Waals surface area contributed by atoms with Gasteiger partial charge in [0.1, 0.15) is 0 Å². The van der Waals surface area contributed by atoms with Crippen LogP contribution in [0.25, 0.3) is 0 Å². The molecule has 0 aromatic heterocycles. The fraction of sp³-hybridized carbons (Fsp3) is 0.467. The van der Waals surface area contributed by atoms with Crippen LogP contribution in [0, 0.1) is 5.92 Å². The summed E-state index contributed by atoms with van der Waals surface area (Å²) in [7, 11) is 0. The van der Waals surface area contributed by atoms with Crippen molar-refractivity contribution in [2.45, 2.75) is 18.9 Å². The largest absolute Gasteiger partial charge is 0.479 e. The number of carboxylic acid groups (broad SMARTS) is 1. The van der Waals surface area contributed by atoms with Gasteiger partial charge in [0, 0.05) is 19.7 Å². The smallest absolute Gasteiger partial charge is 0.330 e. The SMILES string of the molecule is O=C(O)[C@@H](NC(=O)N1CCC(CO)CC1)c1ccccc1. The molecule has 1 aliphatic rings.